The van der Waals surface area contributed by atoms with Gasteiger partial charge in [0.15, 0.2) is 13.7 Å². The van der Waals surface area contributed by atoms with Crippen molar-refractivity contribution in [2.75, 3.05) is 0 Å². The van der Waals surface area contributed by atoms with Crippen molar-refractivity contribution >= 4 is 20.3 Å². The SMILES string of the molecule is CC(C)(C)[Si](C)(C)OC1CC(C(=O)O)(C(=O)O)C1. The molecular formula is C12H22O5Si. The number of hydrogen-bond donors (Lipinski definition) is 2. The van der Waals surface area contributed by atoms with Crippen LogP contribution in [-0.2, 0) is 14.0 Å². The van der Waals surface area contributed by atoms with E-state index in [4.69, 9.17) is 14.6 Å². The quantitative estimate of drug-likeness (QED) is 0.607. The summed E-state index contributed by atoms with van der Waals surface area (Å²) >= 11 is 0. The maximum absolute atomic E-state index is 11.0. The fourth-order valence-electron chi connectivity index (χ4n) is 1.84. The molecular weight excluding hydrogens is 252 g/mol. The van der Waals surface area contributed by atoms with Crippen LogP contribution in [0.4, 0.5) is 0 Å². The van der Waals surface area contributed by atoms with Crippen LogP contribution in [0.5, 0.6) is 0 Å². The third kappa shape index (κ3) is 2.44. The van der Waals surface area contributed by atoms with E-state index in [-0.39, 0.29) is 24.0 Å². The molecule has 18 heavy (non-hydrogen) atoms. The van der Waals surface area contributed by atoms with Gasteiger partial charge in [-0.2, -0.15) is 0 Å². The van der Waals surface area contributed by atoms with E-state index in [0.717, 1.165) is 0 Å². The van der Waals surface area contributed by atoms with Crippen LogP contribution in [0.3, 0.4) is 0 Å². The highest BCUT2D eigenvalue weighted by Gasteiger charge is 2.58. The van der Waals surface area contributed by atoms with E-state index < -0.39 is 25.7 Å². The fourth-order valence-corrected chi connectivity index (χ4v) is 3.19. The summed E-state index contributed by atoms with van der Waals surface area (Å²) in [5, 5.41) is 18.0. The van der Waals surface area contributed by atoms with Crippen LogP contribution in [0.1, 0.15) is 33.6 Å². The lowest BCUT2D eigenvalue weighted by Gasteiger charge is -2.47. The van der Waals surface area contributed by atoms with Crippen molar-refractivity contribution in [3.8, 4) is 0 Å². The first-order chi connectivity index (χ1) is 7.92. The number of carboxylic acids is 2. The summed E-state index contributed by atoms with van der Waals surface area (Å²) in [4.78, 5) is 22.1. The minimum Gasteiger partial charge on any atom is -0.480 e. The number of rotatable bonds is 4. The van der Waals surface area contributed by atoms with Crippen LogP contribution in [0.2, 0.25) is 18.1 Å². The van der Waals surface area contributed by atoms with Crippen molar-refractivity contribution in [2.45, 2.75) is 57.8 Å². The van der Waals surface area contributed by atoms with Gasteiger partial charge < -0.3 is 14.6 Å². The van der Waals surface area contributed by atoms with Gasteiger partial charge in [-0.15, -0.1) is 0 Å². The Hall–Kier alpha value is -0.883. The molecule has 0 amide bonds. The predicted molar refractivity (Wildman–Crippen MR) is 69.0 cm³/mol. The van der Waals surface area contributed by atoms with Gasteiger partial charge in [0.25, 0.3) is 0 Å². The van der Waals surface area contributed by atoms with Crippen LogP contribution < -0.4 is 0 Å². The van der Waals surface area contributed by atoms with Gasteiger partial charge >= 0.3 is 11.9 Å². The van der Waals surface area contributed by atoms with Gasteiger partial charge in [-0.25, -0.2) is 0 Å². The van der Waals surface area contributed by atoms with Crippen LogP contribution >= 0.6 is 0 Å². The van der Waals surface area contributed by atoms with Gasteiger partial charge in [0.2, 0.25) is 0 Å². The van der Waals surface area contributed by atoms with Gasteiger partial charge in [0.1, 0.15) is 0 Å². The Labute approximate surface area is 108 Å². The molecule has 104 valence electrons. The van der Waals surface area contributed by atoms with E-state index in [1.165, 1.54) is 0 Å². The lowest BCUT2D eigenvalue weighted by atomic mass is 9.67. The smallest absolute Gasteiger partial charge is 0.321 e. The molecule has 0 saturated heterocycles. The lowest BCUT2D eigenvalue weighted by Crippen LogP contribution is -2.57. The molecule has 1 fully saturated rings. The third-order valence-corrected chi connectivity index (χ3v) is 8.77. The van der Waals surface area contributed by atoms with Crippen molar-refractivity contribution in [3.05, 3.63) is 0 Å². The molecule has 0 aliphatic heterocycles. The topological polar surface area (TPSA) is 83.8 Å². The first-order valence-corrected chi connectivity index (χ1v) is 8.98. The van der Waals surface area contributed by atoms with E-state index in [9.17, 15) is 9.59 Å². The number of carboxylic acid groups (broad SMARTS) is 2. The molecule has 0 spiro atoms. The van der Waals surface area contributed by atoms with Crippen molar-refractivity contribution < 1.29 is 24.2 Å². The van der Waals surface area contributed by atoms with Crippen molar-refractivity contribution in [1.29, 1.82) is 0 Å². The first kappa shape index (κ1) is 15.2. The van der Waals surface area contributed by atoms with Gasteiger partial charge in [0, 0.05) is 6.10 Å². The molecule has 5 nitrogen and oxygen atoms in total. The highest BCUT2D eigenvalue weighted by Crippen LogP contribution is 2.47. The zero-order chi connectivity index (χ0) is 14.4. The maximum atomic E-state index is 11.0. The van der Waals surface area contributed by atoms with E-state index in [0.29, 0.717) is 0 Å². The second-order valence-corrected chi connectivity index (χ2v) is 11.4. The summed E-state index contributed by atoms with van der Waals surface area (Å²) in [6.07, 6.45) is -0.0907. The van der Waals surface area contributed by atoms with Gasteiger partial charge in [0.05, 0.1) is 0 Å². The fraction of sp³-hybridized carbons (Fsp3) is 0.833. The Morgan fingerprint density at radius 1 is 1.17 bits per heavy atom. The molecule has 2 N–H and O–H groups in total. The minimum atomic E-state index is -1.96. The Morgan fingerprint density at radius 3 is 1.83 bits per heavy atom. The lowest BCUT2D eigenvalue weighted by molar-refractivity contribution is -0.179. The zero-order valence-corrected chi connectivity index (χ0v) is 12.6. The van der Waals surface area contributed by atoms with Crippen LogP contribution in [0.15, 0.2) is 0 Å². The summed E-state index contributed by atoms with van der Waals surface area (Å²) in [6.45, 7) is 10.4. The molecule has 0 heterocycles. The highest BCUT2D eigenvalue weighted by atomic mass is 28.4. The van der Waals surface area contributed by atoms with E-state index in [1.54, 1.807) is 0 Å². The second-order valence-electron chi connectivity index (χ2n) is 6.60. The Kier molecular flexibility index (Phi) is 3.66. The molecule has 1 rings (SSSR count). The van der Waals surface area contributed by atoms with Crippen LogP contribution in [0.25, 0.3) is 0 Å². The average Bonchev–Trinajstić information content (AvgIpc) is 2.06. The first-order valence-electron chi connectivity index (χ1n) is 6.07. The minimum absolute atomic E-state index is 0.0394. The Balaban J connectivity index is 2.68. The van der Waals surface area contributed by atoms with Crippen molar-refractivity contribution in [2.24, 2.45) is 5.41 Å². The van der Waals surface area contributed by atoms with Gasteiger partial charge in [-0.3, -0.25) is 9.59 Å². The molecule has 6 heteroatoms. The van der Waals surface area contributed by atoms with Gasteiger partial charge in [-0.05, 0) is 31.0 Å². The Bertz CT molecular complexity index is 347. The molecule has 0 radical (unpaired) electrons. The standard InChI is InChI=1S/C12H22O5Si/c1-11(2,3)18(4,5)17-8-6-12(7-8,9(13)14)10(15)16/h8H,6-7H2,1-5H3,(H,13,14)(H,15,16). The summed E-state index contributed by atoms with van der Waals surface area (Å²) in [5.74, 6) is -2.52. The molecule has 0 aromatic heterocycles. The zero-order valence-electron chi connectivity index (χ0n) is 11.6. The number of carbonyl (C=O) groups is 2. The normalized spacial score (nSPS) is 20.3. The van der Waals surface area contributed by atoms with E-state index >= 15 is 0 Å². The predicted octanol–water partition coefficient (Wildman–Crippen LogP) is 2.33. The van der Waals surface area contributed by atoms with E-state index in [1.807, 2.05) is 0 Å². The second kappa shape index (κ2) is 4.34. The molecule has 1 aliphatic carbocycles. The molecule has 1 aliphatic rings. The maximum Gasteiger partial charge on any atom is 0.321 e. The highest BCUT2D eigenvalue weighted by molar-refractivity contribution is 6.74. The molecule has 0 aromatic rings. The van der Waals surface area contributed by atoms with Crippen LogP contribution in [-0.4, -0.2) is 36.6 Å². The number of aliphatic carboxylic acids is 2. The monoisotopic (exact) mass is 274 g/mol. The Morgan fingerprint density at radius 2 is 1.56 bits per heavy atom. The molecule has 0 unspecified atom stereocenters. The van der Waals surface area contributed by atoms with Crippen LogP contribution in [0, 0.1) is 5.41 Å². The average molecular weight is 274 g/mol. The summed E-state index contributed by atoms with van der Waals surface area (Å²) in [7, 11) is -1.96. The molecule has 1 saturated carbocycles. The molecule has 0 aromatic carbocycles. The van der Waals surface area contributed by atoms with Gasteiger partial charge in [-0.1, -0.05) is 20.8 Å². The summed E-state index contributed by atoms with van der Waals surface area (Å²) < 4.78 is 6.01. The van der Waals surface area contributed by atoms with Crippen molar-refractivity contribution in [1.82, 2.24) is 0 Å². The summed E-state index contributed by atoms with van der Waals surface area (Å²) in [5.41, 5.74) is -1.63. The largest absolute Gasteiger partial charge is 0.480 e. The number of hydrogen-bond acceptors (Lipinski definition) is 3. The summed E-state index contributed by atoms with van der Waals surface area (Å²) in [6, 6.07) is 0. The van der Waals surface area contributed by atoms with Crippen molar-refractivity contribution in [3.63, 3.8) is 0 Å². The molecule has 0 atom stereocenters. The van der Waals surface area contributed by atoms with E-state index in [2.05, 4.69) is 33.9 Å². The molecule has 0 bridgehead atoms. The third-order valence-electron chi connectivity index (χ3n) is 4.24.